The summed E-state index contributed by atoms with van der Waals surface area (Å²) in [4.78, 5) is 12.2. The van der Waals surface area contributed by atoms with E-state index in [1.165, 1.54) is 0 Å². The van der Waals surface area contributed by atoms with Crippen LogP contribution in [0.25, 0.3) is 11.1 Å². The van der Waals surface area contributed by atoms with E-state index in [1.54, 1.807) is 14.2 Å². The minimum absolute atomic E-state index is 0.164. The van der Waals surface area contributed by atoms with Gasteiger partial charge in [0.2, 0.25) is 5.91 Å². The molecule has 0 unspecified atom stereocenters. The van der Waals surface area contributed by atoms with Gasteiger partial charge in [-0.25, -0.2) is 5.43 Å². The highest BCUT2D eigenvalue weighted by molar-refractivity contribution is 6.15. The van der Waals surface area contributed by atoms with Gasteiger partial charge in [-0.15, -0.1) is 0 Å². The molecule has 0 bridgehead atoms. The number of ether oxygens (including phenoxy) is 2. The van der Waals surface area contributed by atoms with E-state index in [9.17, 15) is 4.79 Å². The molecule has 0 aliphatic carbocycles. The molecule has 0 saturated carbocycles. The molecule has 0 saturated heterocycles. The fourth-order valence-corrected chi connectivity index (χ4v) is 3.38. The number of fused-ring (bicyclic) bond motifs is 1. The van der Waals surface area contributed by atoms with Crippen LogP contribution in [0, 0.1) is 0 Å². The first kappa shape index (κ1) is 17.8. The third kappa shape index (κ3) is 3.34. The van der Waals surface area contributed by atoms with Gasteiger partial charge in [0.15, 0.2) is 11.5 Å². The van der Waals surface area contributed by atoms with Gasteiger partial charge in [-0.1, -0.05) is 48.5 Å². The Labute approximate surface area is 163 Å². The van der Waals surface area contributed by atoms with Crippen LogP contribution in [0.2, 0.25) is 0 Å². The number of carbonyl (C=O) groups is 1. The van der Waals surface area contributed by atoms with Crippen LogP contribution in [0.15, 0.2) is 71.8 Å². The Kier molecular flexibility index (Phi) is 4.81. The first-order chi connectivity index (χ1) is 13.7. The Balaban J connectivity index is 1.86. The number of hydrogen-bond donors (Lipinski definition) is 1. The van der Waals surface area contributed by atoms with E-state index < -0.39 is 0 Å². The Morgan fingerprint density at radius 1 is 0.821 bits per heavy atom. The fraction of sp³-hybridized carbons (Fsp3) is 0.130. The Hall–Kier alpha value is -3.60. The van der Waals surface area contributed by atoms with Crippen molar-refractivity contribution in [3.63, 3.8) is 0 Å². The second-order valence-electron chi connectivity index (χ2n) is 6.48. The molecular formula is C23H20N2O3. The number of nitrogens with one attached hydrogen (secondary N) is 1. The van der Waals surface area contributed by atoms with Crippen LogP contribution in [0.4, 0.5) is 0 Å². The number of carbonyl (C=O) groups excluding carboxylic acids is 1. The highest BCUT2D eigenvalue weighted by Crippen LogP contribution is 2.33. The maximum absolute atomic E-state index is 12.2. The standard InChI is InChI=1S/C23H20N2O3/c1-27-20-12-18-13-22(26)24-25-23(19(18)14-21(20)28-2)17-10-6-9-16(11-17)15-7-4-3-5-8-15/h3-12,14H,13H2,1-2H3,(H,24,26). The van der Waals surface area contributed by atoms with Crippen LogP contribution in [-0.2, 0) is 11.2 Å². The van der Waals surface area contributed by atoms with Crippen LogP contribution in [0.1, 0.15) is 16.7 Å². The number of nitrogens with zero attached hydrogens (tertiary/aromatic N) is 1. The second kappa shape index (κ2) is 7.56. The van der Waals surface area contributed by atoms with Gasteiger partial charge in [-0.05, 0) is 34.9 Å². The van der Waals surface area contributed by atoms with Gasteiger partial charge in [0.1, 0.15) is 0 Å². The van der Waals surface area contributed by atoms with Crippen LogP contribution < -0.4 is 14.9 Å². The third-order valence-corrected chi connectivity index (χ3v) is 4.75. The Bertz CT molecular complexity index is 1060. The van der Waals surface area contributed by atoms with Gasteiger partial charge in [-0.3, -0.25) is 4.79 Å². The monoisotopic (exact) mass is 372 g/mol. The predicted octanol–water partition coefficient (Wildman–Crippen LogP) is 3.80. The highest BCUT2D eigenvalue weighted by Gasteiger charge is 2.22. The van der Waals surface area contributed by atoms with Crippen LogP contribution in [0.3, 0.4) is 0 Å². The average molecular weight is 372 g/mol. The Morgan fingerprint density at radius 2 is 1.50 bits per heavy atom. The zero-order valence-electron chi connectivity index (χ0n) is 15.7. The van der Waals surface area contributed by atoms with E-state index >= 15 is 0 Å². The number of rotatable bonds is 4. The van der Waals surface area contributed by atoms with Gasteiger partial charge in [0.05, 0.1) is 26.4 Å². The summed E-state index contributed by atoms with van der Waals surface area (Å²) in [5.41, 5.74) is 8.14. The molecule has 0 fully saturated rings. The van der Waals surface area contributed by atoms with Crippen molar-refractivity contribution >= 4 is 11.6 Å². The molecule has 5 nitrogen and oxygen atoms in total. The van der Waals surface area contributed by atoms with E-state index in [2.05, 4.69) is 34.8 Å². The average Bonchev–Trinajstić information content (AvgIpc) is 2.91. The van der Waals surface area contributed by atoms with Crippen molar-refractivity contribution in [2.45, 2.75) is 6.42 Å². The van der Waals surface area contributed by atoms with Crippen LogP contribution in [0.5, 0.6) is 11.5 Å². The van der Waals surface area contributed by atoms with Crippen molar-refractivity contribution in [1.82, 2.24) is 5.43 Å². The molecule has 0 aromatic heterocycles. The largest absolute Gasteiger partial charge is 0.493 e. The van der Waals surface area contributed by atoms with Crippen molar-refractivity contribution in [2.75, 3.05) is 14.2 Å². The lowest BCUT2D eigenvalue weighted by Crippen LogP contribution is -2.18. The molecule has 28 heavy (non-hydrogen) atoms. The molecule has 1 aliphatic rings. The van der Waals surface area contributed by atoms with E-state index in [0.717, 1.165) is 27.8 Å². The molecule has 5 heteroatoms. The summed E-state index contributed by atoms with van der Waals surface area (Å²) in [5.74, 6) is 1.03. The van der Waals surface area contributed by atoms with Gasteiger partial charge in [0.25, 0.3) is 0 Å². The Morgan fingerprint density at radius 3 is 2.25 bits per heavy atom. The molecule has 3 aromatic carbocycles. The molecule has 1 N–H and O–H groups in total. The number of hydrazone groups is 1. The summed E-state index contributed by atoms with van der Waals surface area (Å²) in [6, 6.07) is 22.0. The van der Waals surface area contributed by atoms with Gasteiger partial charge in [0, 0.05) is 11.1 Å². The molecule has 4 rings (SSSR count). The molecule has 1 amide bonds. The summed E-state index contributed by atoms with van der Waals surface area (Å²) in [6.07, 6.45) is 0.223. The van der Waals surface area contributed by atoms with Crippen LogP contribution in [-0.4, -0.2) is 25.8 Å². The normalized spacial score (nSPS) is 13.1. The van der Waals surface area contributed by atoms with Crippen molar-refractivity contribution in [1.29, 1.82) is 0 Å². The molecule has 3 aromatic rings. The summed E-state index contributed by atoms with van der Waals surface area (Å²) in [7, 11) is 3.18. The lowest BCUT2D eigenvalue weighted by atomic mass is 9.93. The van der Waals surface area contributed by atoms with Crippen LogP contribution >= 0.6 is 0 Å². The smallest absolute Gasteiger partial charge is 0.244 e. The quantitative estimate of drug-likeness (QED) is 0.758. The predicted molar refractivity (Wildman–Crippen MR) is 109 cm³/mol. The topological polar surface area (TPSA) is 59.9 Å². The lowest BCUT2D eigenvalue weighted by molar-refractivity contribution is -0.120. The molecule has 140 valence electrons. The number of methoxy groups -OCH3 is 2. The van der Waals surface area contributed by atoms with E-state index in [1.807, 2.05) is 42.5 Å². The summed E-state index contributed by atoms with van der Waals surface area (Å²) in [6.45, 7) is 0. The van der Waals surface area contributed by atoms with E-state index in [0.29, 0.717) is 17.2 Å². The molecule has 0 atom stereocenters. The highest BCUT2D eigenvalue weighted by atomic mass is 16.5. The third-order valence-electron chi connectivity index (χ3n) is 4.75. The van der Waals surface area contributed by atoms with Gasteiger partial charge in [-0.2, -0.15) is 5.10 Å². The minimum atomic E-state index is -0.164. The zero-order valence-corrected chi connectivity index (χ0v) is 15.7. The van der Waals surface area contributed by atoms with Crippen molar-refractivity contribution < 1.29 is 14.3 Å². The molecule has 0 spiro atoms. The molecular weight excluding hydrogens is 352 g/mol. The summed E-state index contributed by atoms with van der Waals surface area (Å²) < 4.78 is 10.9. The number of hydrogen-bond acceptors (Lipinski definition) is 4. The first-order valence-electron chi connectivity index (χ1n) is 8.97. The zero-order chi connectivity index (χ0) is 19.5. The maximum atomic E-state index is 12.2. The molecule has 1 heterocycles. The van der Waals surface area contributed by atoms with Gasteiger partial charge >= 0.3 is 0 Å². The van der Waals surface area contributed by atoms with E-state index in [4.69, 9.17) is 9.47 Å². The number of benzene rings is 3. The summed E-state index contributed by atoms with van der Waals surface area (Å²) >= 11 is 0. The summed E-state index contributed by atoms with van der Waals surface area (Å²) in [5, 5.41) is 4.40. The fourth-order valence-electron chi connectivity index (χ4n) is 3.38. The second-order valence-corrected chi connectivity index (χ2v) is 6.48. The minimum Gasteiger partial charge on any atom is -0.493 e. The SMILES string of the molecule is COc1cc2c(cc1OC)C(c1cccc(-c3ccccc3)c1)=NNC(=O)C2. The number of amides is 1. The molecule has 1 aliphatic heterocycles. The van der Waals surface area contributed by atoms with E-state index in [-0.39, 0.29) is 12.3 Å². The van der Waals surface area contributed by atoms with Crippen molar-refractivity contribution in [3.05, 3.63) is 83.4 Å². The van der Waals surface area contributed by atoms with Gasteiger partial charge < -0.3 is 9.47 Å². The van der Waals surface area contributed by atoms with Crippen molar-refractivity contribution in [3.8, 4) is 22.6 Å². The maximum Gasteiger partial charge on any atom is 0.244 e. The molecule has 0 radical (unpaired) electrons. The lowest BCUT2D eigenvalue weighted by Gasteiger charge is -2.14. The van der Waals surface area contributed by atoms with Crippen molar-refractivity contribution in [2.24, 2.45) is 5.10 Å². The first-order valence-corrected chi connectivity index (χ1v) is 8.97.